The Morgan fingerprint density at radius 3 is 2.89 bits per heavy atom. The maximum Gasteiger partial charge on any atom is 0.415 e. The summed E-state index contributed by atoms with van der Waals surface area (Å²) in [7, 11) is 0. The number of nitrogens with two attached hydrogens (primary N) is 1. The second-order valence-electron chi connectivity index (χ2n) is 4.37. The lowest BCUT2D eigenvalue weighted by Gasteiger charge is -2.36. The summed E-state index contributed by atoms with van der Waals surface area (Å²) < 4.78 is 10.8. The quantitative estimate of drug-likeness (QED) is 0.857. The lowest BCUT2D eigenvalue weighted by Crippen LogP contribution is -2.53. The SMILES string of the molecule is CC1COC(CN)CN1C(=O)Oc1ccccc1. The fourth-order valence-corrected chi connectivity index (χ4v) is 1.86. The van der Waals surface area contributed by atoms with Crippen LogP contribution in [0.4, 0.5) is 4.79 Å². The molecule has 0 aliphatic carbocycles. The van der Waals surface area contributed by atoms with Crippen LogP contribution in [0, 0.1) is 0 Å². The molecule has 2 N–H and O–H groups in total. The highest BCUT2D eigenvalue weighted by Crippen LogP contribution is 2.15. The fourth-order valence-electron chi connectivity index (χ4n) is 1.86. The molecule has 0 bridgehead atoms. The second-order valence-corrected chi connectivity index (χ2v) is 4.37. The Labute approximate surface area is 106 Å². The number of ether oxygens (including phenoxy) is 2. The first-order valence-electron chi connectivity index (χ1n) is 6.06. The molecule has 98 valence electrons. The molecule has 1 aromatic carbocycles. The highest BCUT2D eigenvalue weighted by atomic mass is 16.6. The third kappa shape index (κ3) is 3.00. The molecule has 2 rings (SSSR count). The number of carbonyl (C=O) groups excluding carboxylic acids is 1. The van der Waals surface area contributed by atoms with Crippen molar-refractivity contribution in [3.05, 3.63) is 30.3 Å². The third-order valence-electron chi connectivity index (χ3n) is 2.95. The van der Waals surface area contributed by atoms with Crippen LogP contribution >= 0.6 is 0 Å². The summed E-state index contributed by atoms with van der Waals surface area (Å²) in [6, 6.07) is 9.04. The molecular formula is C13H18N2O3. The van der Waals surface area contributed by atoms with E-state index in [1.54, 1.807) is 17.0 Å². The minimum atomic E-state index is -0.351. The van der Waals surface area contributed by atoms with E-state index in [0.29, 0.717) is 25.4 Å². The van der Waals surface area contributed by atoms with E-state index in [1.807, 2.05) is 25.1 Å². The van der Waals surface area contributed by atoms with Crippen LogP contribution in [-0.4, -0.2) is 42.8 Å². The van der Waals surface area contributed by atoms with Gasteiger partial charge in [-0.1, -0.05) is 18.2 Å². The van der Waals surface area contributed by atoms with Crippen molar-refractivity contribution in [1.29, 1.82) is 0 Å². The number of amides is 1. The van der Waals surface area contributed by atoms with Gasteiger partial charge >= 0.3 is 6.09 Å². The van der Waals surface area contributed by atoms with Gasteiger partial charge in [-0.25, -0.2) is 4.79 Å². The number of rotatable bonds is 2. The number of hydrogen-bond donors (Lipinski definition) is 1. The molecule has 18 heavy (non-hydrogen) atoms. The monoisotopic (exact) mass is 250 g/mol. The Hall–Kier alpha value is -1.59. The summed E-state index contributed by atoms with van der Waals surface area (Å²) in [5, 5.41) is 0. The van der Waals surface area contributed by atoms with Crippen molar-refractivity contribution in [1.82, 2.24) is 4.90 Å². The third-order valence-corrected chi connectivity index (χ3v) is 2.95. The van der Waals surface area contributed by atoms with E-state index in [9.17, 15) is 4.79 Å². The van der Waals surface area contributed by atoms with Crippen LogP contribution in [0.3, 0.4) is 0 Å². The molecule has 0 aromatic heterocycles. The molecule has 1 aromatic rings. The summed E-state index contributed by atoms with van der Waals surface area (Å²) in [6.07, 6.45) is -0.458. The molecule has 1 aliphatic rings. The number of nitrogens with zero attached hydrogens (tertiary/aromatic N) is 1. The van der Waals surface area contributed by atoms with Gasteiger partial charge < -0.3 is 20.1 Å². The predicted octanol–water partition coefficient (Wildman–Crippen LogP) is 1.23. The Morgan fingerprint density at radius 1 is 1.50 bits per heavy atom. The number of carbonyl (C=O) groups is 1. The number of hydrogen-bond acceptors (Lipinski definition) is 4. The molecule has 2 unspecified atom stereocenters. The summed E-state index contributed by atoms with van der Waals surface area (Å²) >= 11 is 0. The van der Waals surface area contributed by atoms with Crippen LogP contribution in [0.2, 0.25) is 0 Å². The van der Waals surface area contributed by atoms with E-state index in [0.717, 1.165) is 0 Å². The first kappa shape index (κ1) is 12.9. The lowest BCUT2D eigenvalue weighted by atomic mass is 10.2. The largest absolute Gasteiger partial charge is 0.415 e. The lowest BCUT2D eigenvalue weighted by molar-refractivity contribution is -0.0427. The Bertz CT molecular complexity index is 396. The van der Waals surface area contributed by atoms with Crippen molar-refractivity contribution in [2.75, 3.05) is 19.7 Å². The van der Waals surface area contributed by atoms with Gasteiger partial charge in [-0.2, -0.15) is 0 Å². The molecule has 0 radical (unpaired) electrons. The van der Waals surface area contributed by atoms with Crippen molar-refractivity contribution < 1.29 is 14.3 Å². The van der Waals surface area contributed by atoms with Gasteiger partial charge in [0.15, 0.2) is 0 Å². The van der Waals surface area contributed by atoms with Crippen molar-refractivity contribution in [2.45, 2.75) is 19.1 Å². The normalized spacial score (nSPS) is 23.8. The number of benzene rings is 1. The van der Waals surface area contributed by atoms with Gasteiger partial charge in [0.2, 0.25) is 0 Å². The zero-order valence-electron chi connectivity index (χ0n) is 10.4. The van der Waals surface area contributed by atoms with Gasteiger partial charge in [-0.15, -0.1) is 0 Å². The van der Waals surface area contributed by atoms with Crippen LogP contribution in [0.5, 0.6) is 5.75 Å². The zero-order chi connectivity index (χ0) is 13.0. The minimum absolute atomic E-state index is 0.00372. The molecule has 1 fully saturated rings. The molecule has 5 heteroatoms. The van der Waals surface area contributed by atoms with Gasteiger partial charge in [0.1, 0.15) is 5.75 Å². The van der Waals surface area contributed by atoms with Crippen LogP contribution in [-0.2, 0) is 4.74 Å². The first-order chi connectivity index (χ1) is 8.70. The topological polar surface area (TPSA) is 64.8 Å². The second kappa shape index (κ2) is 5.84. The zero-order valence-corrected chi connectivity index (χ0v) is 10.4. The average molecular weight is 250 g/mol. The highest BCUT2D eigenvalue weighted by molar-refractivity contribution is 5.71. The van der Waals surface area contributed by atoms with Crippen molar-refractivity contribution in [2.24, 2.45) is 5.73 Å². The molecule has 1 aliphatic heterocycles. The maximum absolute atomic E-state index is 12.0. The van der Waals surface area contributed by atoms with Gasteiger partial charge in [0.05, 0.1) is 25.3 Å². The standard InChI is InChI=1S/C13H18N2O3/c1-10-9-17-12(7-14)8-15(10)13(16)18-11-5-3-2-4-6-11/h2-6,10,12H,7-9,14H2,1H3. The number of morpholine rings is 1. The van der Waals surface area contributed by atoms with E-state index < -0.39 is 0 Å². The Balaban J connectivity index is 1.99. The Morgan fingerprint density at radius 2 is 2.22 bits per heavy atom. The molecule has 2 atom stereocenters. The van der Waals surface area contributed by atoms with Crippen molar-refractivity contribution in [3.8, 4) is 5.75 Å². The maximum atomic E-state index is 12.0. The molecule has 0 spiro atoms. The van der Waals surface area contributed by atoms with Crippen LogP contribution in [0.15, 0.2) is 30.3 Å². The van der Waals surface area contributed by atoms with Crippen LogP contribution < -0.4 is 10.5 Å². The predicted molar refractivity (Wildman–Crippen MR) is 67.4 cm³/mol. The highest BCUT2D eigenvalue weighted by Gasteiger charge is 2.30. The molecule has 1 saturated heterocycles. The fraction of sp³-hybridized carbons (Fsp3) is 0.462. The first-order valence-corrected chi connectivity index (χ1v) is 6.06. The van der Waals surface area contributed by atoms with Gasteiger partial charge in [-0.05, 0) is 19.1 Å². The van der Waals surface area contributed by atoms with E-state index in [-0.39, 0.29) is 18.2 Å². The molecule has 0 saturated carbocycles. The molecular weight excluding hydrogens is 232 g/mol. The Kier molecular flexibility index (Phi) is 4.17. The van der Waals surface area contributed by atoms with Crippen molar-refractivity contribution in [3.63, 3.8) is 0 Å². The molecule has 1 heterocycles. The minimum Gasteiger partial charge on any atom is -0.410 e. The van der Waals surface area contributed by atoms with Gasteiger partial charge in [-0.3, -0.25) is 0 Å². The van der Waals surface area contributed by atoms with Crippen LogP contribution in [0.25, 0.3) is 0 Å². The van der Waals surface area contributed by atoms with E-state index in [4.69, 9.17) is 15.2 Å². The van der Waals surface area contributed by atoms with E-state index in [2.05, 4.69) is 0 Å². The number of para-hydroxylation sites is 1. The summed E-state index contributed by atoms with van der Waals surface area (Å²) in [5.74, 6) is 0.547. The summed E-state index contributed by atoms with van der Waals surface area (Å²) in [4.78, 5) is 13.7. The van der Waals surface area contributed by atoms with Crippen LogP contribution in [0.1, 0.15) is 6.92 Å². The van der Waals surface area contributed by atoms with Gasteiger partial charge in [0, 0.05) is 6.54 Å². The molecule has 1 amide bonds. The molecule has 5 nitrogen and oxygen atoms in total. The average Bonchev–Trinajstić information content (AvgIpc) is 2.40. The smallest absolute Gasteiger partial charge is 0.410 e. The van der Waals surface area contributed by atoms with E-state index in [1.165, 1.54) is 0 Å². The van der Waals surface area contributed by atoms with Gasteiger partial charge in [0.25, 0.3) is 0 Å². The summed E-state index contributed by atoms with van der Waals surface area (Å²) in [5.41, 5.74) is 5.56. The summed E-state index contributed by atoms with van der Waals surface area (Å²) in [6.45, 7) is 3.30. The van der Waals surface area contributed by atoms with E-state index >= 15 is 0 Å². The van der Waals surface area contributed by atoms with Crippen molar-refractivity contribution >= 4 is 6.09 Å².